The number of ether oxygens (including phenoxy) is 2. The zero-order valence-electron chi connectivity index (χ0n) is 24.2. The maximum absolute atomic E-state index is 13.7. The van der Waals surface area contributed by atoms with Crippen molar-refractivity contribution in [1.82, 2.24) is 20.4 Å². The van der Waals surface area contributed by atoms with Crippen LogP contribution >= 0.6 is 0 Å². The molecule has 3 aliphatic rings. The second-order valence-electron chi connectivity index (χ2n) is 11.3. The zero-order valence-corrected chi connectivity index (χ0v) is 25.0. The van der Waals surface area contributed by atoms with Gasteiger partial charge in [0.1, 0.15) is 6.04 Å². The first-order chi connectivity index (χ1) is 20.2. The minimum atomic E-state index is -3.42. The summed E-state index contributed by atoms with van der Waals surface area (Å²) in [5.41, 5.74) is 2.37. The SMILES string of the molecule is CS(=O)(=O)N1CC2(CCN(C(=O)[C@@H](COCc3ccccc3)NC(=O)NCCN3CCOCC3)CC2)c2ccccc21. The number of fused-ring (bicyclic) bond motifs is 2. The van der Waals surface area contributed by atoms with Crippen LogP contribution in [0.5, 0.6) is 0 Å². The molecule has 11 nitrogen and oxygen atoms in total. The molecule has 2 fully saturated rings. The van der Waals surface area contributed by atoms with Gasteiger partial charge in [-0.1, -0.05) is 48.5 Å². The molecule has 3 amide bonds. The quantitative estimate of drug-likeness (QED) is 0.425. The van der Waals surface area contributed by atoms with Gasteiger partial charge in [0.05, 0.1) is 38.4 Å². The molecule has 1 spiro atoms. The summed E-state index contributed by atoms with van der Waals surface area (Å²) in [4.78, 5) is 30.6. The molecular formula is C30H41N5O6S. The highest BCUT2D eigenvalue weighted by molar-refractivity contribution is 7.92. The van der Waals surface area contributed by atoms with Gasteiger partial charge in [-0.25, -0.2) is 13.2 Å². The monoisotopic (exact) mass is 599 g/mol. The van der Waals surface area contributed by atoms with E-state index >= 15 is 0 Å². The maximum atomic E-state index is 13.7. The van der Waals surface area contributed by atoms with Crippen LogP contribution in [0, 0.1) is 0 Å². The van der Waals surface area contributed by atoms with Crippen LogP contribution in [0.4, 0.5) is 10.5 Å². The first kappa shape index (κ1) is 30.3. The van der Waals surface area contributed by atoms with Crippen LogP contribution in [0.15, 0.2) is 54.6 Å². The Balaban J connectivity index is 1.21. The van der Waals surface area contributed by atoms with Gasteiger partial charge in [0, 0.05) is 51.2 Å². The molecule has 0 radical (unpaired) electrons. The lowest BCUT2D eigenvalue weighted by Crippen LogP contribution is -2.56. The summed E-state index contributed by atoms with van der Waals surface area (Å²) >= 11 is 0. The smallest absolute Gasteiger partial charge is 0.315 e. The number of benzene rings is 2. The van der Waals surface area contributed by atoms with E-state index < -0.39 is 22.1 Å². The molecular weight excluding hydrogens is 558 g/mol. The van der Waals surface area contributed by atoms with Crippen LogP contribution in [-0.2, 0) is 36.3 Å². The lowest BCUT2D eigenvalue weighted by atomic mass is 9.74. The molecule has 0 aromatic heterocycles. The van der Waals surface area contributed by atoms with E-state index in [-0.39, 0.29) is 17.9 Å². The summed E-state index contributed by atoms with van der Waals surface area (Å²) in [5, 5.41) is 5.72. The molecule has 0 bridgehead atoms. The van der Waals surface area contributed by atoms with E-state index in [1.165, 1.54) is 10.6 Å². The van der Waals surface area contributed by atoms with E-state index in [1.807, 2.05) is 54.6 Å². The third kappa shape index (κ3) is 7.23. The van der Waals surface area contributed by atoms with Crippen LogP contribution in [-0.4, -0.2) is 108 Å². The van der Waals surface area contributed by atoms with Crippen molar-refractivity contribution in [2.45, 2.75) is 30.9 Å². The van der Waals surface area contributed by atoms with Crippen LogP contribution in [0.25, 0.3) is 0 Å². The maximum Gasteiger partial charge on any atom is 0.315 e. The minimum Gasteiger partial charge on any atom is -0.379 e. The molecule has 228 valence electrons. The first-order valence-electron chi connectivity index (χ1n) is 14.6. The number of anilines is 1. The number of likely N-dealkylation sites (tertiary alicyclic amines) is 1. The molecule has 3 heterocycles. The largest absolute Gasteiger partial charge is 0.379 e. The Morgan fingerprint density at radius 3 is 2.40 bits per heavy atom. The molecule has 2 saturated heterocycles. The van der Waals surface area contributed by atoms with Crippen LogP contribution in [0.1, 0.15) is 24.0 Å². The number of piperidine rings is 1. The molecule has 3 aliphatic heterocycles. The van der Waals surface area contributed by atoms with Crippen molar-refractivity contribution in [2.75, 3.05) is 76.2 Å². The molecule has 2 aromatic carbocycles. The Kier molecular flexibility index (Phi) is 9.67. The Hall–Kier alpha value is -3.19. The third-order valence-electron chi connectivity index (χ3n) is 8.44. The number of carbonyl (C=O) groups is 2. The summed E-state index contributed by atoms with van der Waals surface area (Å²) in [7, 11) is -3.42. The molecule has 12 heteroatoms. The van der Waals surface area contributed by atoms with Gasteiger partial charge in [-0.15, -0.1) is 0 Å². The average molecular weight is 600 g/mol. The van der Waals surface area contributed by atoms with Gasteiger partial charge in [0.15, 0.2) is 0 Å². The lowest BCUT2D eigenvalue weighted by Gasteiger charge is -2.40. The number of nitrogens with one attached hydrogen (secondary N) is 2. The number of hydrogen-bond donors (Lipinski definition) is 2. The normalized spacial score (nSPS) is 19.4. The molecule has 42 heavy (non-hydrogen) atoms. The summed E-state index contributed by atoms with van der Waals surface area (Å²) in [6, 6.07) is 16.1. The fourth-order valence-corrected chi connectivity index (χ4v) is 7.09. The summed E-state index contributed by atoms with van der Waals surface area (Å²) in [5.74, 6) is -0.201. The van der Waals surface area contributed by atoms with Gasteiger partial charge < -0.3 is 25.0 Å². The van der Waals surface area contributed by atoms with Gasteiger partial charge in [0.25, 0.3) is 0 Å². The number of morpholine rings is 1. The Morgan fingerprint density at radius 2 is 1.69 bits per heavy atom. The highest BCUT2D eigenvalue weighted by Gasteiger charge is 2.47. The van der Waals surface area contributed by atoms with Crippen molar-refractivity contribution >= 4 is 27.6 Å². The molecule has 0 aliphatic carbocycles. The Labute approximate surface area is 248 Å². The average Bonchev–Trinajstić information content (AvgIpc) is 3.32. The van der Waals surface area contributed by atoms with Crippen LogP contribution < -0.4 is 14.9 Å². The van der Waals surface area contributed by atoms with Gasteiger partial charge in [-0.3, -0.25) is 14.0 Å². The van der Waals surface area contributed by atoms with Crippen molar-refractivity contribution in [1.29, 1.82) is 0 Å². The molecule has 5 rings (SSSR count). The van der Waals surface area contributed by atoms with Gasteiger partial charge in [-0.2, -0.15) is 0 Å². The zero-order chi connectivity index (χ0) is 29.6. The number of urea groups is 1. The van der Waals surface area contributed by atoms with Gasteiger partial charge in [0.2, 0.25) is 15.9 Å². The van der Waals surface area contributed by atoms with Crippen molar-refractivity contribution < 1.29 is 27.5 Å². The number of amides is 3. The molecule has 1 atom stereocenters. The highest BCUT2D eigenvalue weighted by Crippen LogP contribution is 2.47. The number of sulfonamides is 1. The van der Waals surface area contributed by atoms with E-state index in [2.05, 4.69) is 15.5 Å². The molecule has 0 unspecified atom stereocenters. The minimum absolute atomic E-state index is 0.0386. The molecule has 2 N–H and O–H groups in total. The van der Waals surface area contributed by atoms with Gasteiger partial charge >= 0.3 is 6.03 Å². The van der Waals surface area contributed by atoms with E-state index in [1.54, 1.807) is 4.90 Å². The number of nitrogens with zero attached hydrogens (tertiary/aromatic N) is 3. The van der Waals surface area contributed by atoms with Crippen molar-refractivity contribution in [3.8, 4) is 0 Å². The standard InChI is InChI=1S/C30H41N5O6S/c1-42(38,39)35-23-30(25-9-5-6-10-27(25)35)11-14-34(15-12-30)28(36)26(22-41-21-24-7-3-2-4-8-24)32-29(37)31-13-16-33-17-19-40-20-18-33/h2-10,26H,11-23H2,1H3,(H2,31,32,37)/t26-/m1/s1. The fourth-order valence-electron chi connectivity index (χ4n) is 6.09. The topological polar surface area (TPSA) is 121 Å². The molecule has 0 saturated carbocycles. The lowest BCUT2D eigenvalue weighted by molar-refractivity contribution is -0.136. The highest BCUT2D eigenvalue weighted by atomic mass is 32.2. The number of rotatable bonds is 10. The second-order valence-corrected chi connectivity index (χ2v) is 13.2. The second kappa shape index (κ2) is 13.4. The van der Waals surface area contributed by atoms with Crippen LogP contribution in [0.2, 0.25) is 0 Å². The number of para-hydroxylation sites is 1. The Morgan fingerprint density at radius 1 is 1.00 bits per heavy atom. The third-order valence-corrected chi connectivity index (χ3v) is 9.57. The summed E-state index contributed by atoms with van der Waals surface area (Å²) in [6.07, 6.45) is 2.50. The van der Waals surface area contributed by atoms with Crippen molar-refractivity contribution in [3.63, 3.8) is 0 Å². The van der Waals surface area contributed by atoms with E-state index in [9.17, 15) is 18.0 Å². The summed E-state index contributed by atoms with van der Waals surface area (Å²) < 4.78 is 37.9. The predicted octanol–water partition coefficient (Wildman–Crippen LogP) is 1.54. The fraction of sp³-hybridized carbons (Fsp3) is 0.533. The van der Waals surface area contributed by atoms with E-state index in [0.29, 0.717) is 65.4 Å². The van der Waals surface area contributed by atoms with E-state index in [0.717, 1.165) is 29.9 Å². The van der Waals surface area contributed by atoms with Crippen molar-refractivity contribution in [3.05, 3.63) is 65.7 Å². The number of hydrogen-bond acceptors (Lipinski definition) is 7. The van der Waals surface area contributed by atoms with Gasteiger partial charge in [-0.05, 0) is 30.0 Å². The van der Waals surface area contributed by atoms with Crippen LogP contribution in [0.3, 0.4) is 0 Å². The van der Waals surface area contributed by atoms with Crippen molar-refractivity contribution in [2.24, 2.45) is 0 Å². The molecule has 2 aromatic rings. The number of carbonyl (C=O) groups excluding carboxylic acids is 2. The Bertz CT molecular complexity index is 1330. The predicted molar refractivity (Wildman–Crippen MR) is 160 cm³/mol. The first-order valence-corrected chi connectivity index (χ1v) is 16.4. The van der Waals surface area contributed by atoms with E-state index in [4.69, 9.17) is 9.47 Å². The summed E-state index contributed by atoms with van der Waals surface area (Å²) in [6.45, 7) is 5.87.